The van der Waals surface area contributed by atoms with E-state index in [1.807, 2.05) is 21.1 Å². The predicted octanol–water partition coefficient (Wildman–Crippen LogP) is 11.6. The summed E-state index contributed by atoms with van der Waals surface area (Å²) in [6.45, 7) is 4.53. The number of quaternary nitrogens is 1. The van der Waals surface area contributed by atoms with E-state index in [1.54, 1.807) is 0 Å². The average molecular weight is 854 g/mol. The molecule has 0 N–H and O–H groups in total. The van der Waals surface area contributed by atoms with Crippen molar-refractivity contribution in [3.05, 3.63) is 85.1 Å². The zero-order valence-electron chi connectivity index (χ0n) is 39.2. The van der Waals surface area contributed by atoms with Crippen LogP contribution in [-0.2, 0) is 33.3 Å². The van der Waals surface area contributed by atoms with E-state index in [0.717, 1.165) is 122 Å². The topological polar surface area (TPSA) is 111 Å². The summed E-state index contributed by atoms with van der Waals surface area (Å²) in [6.07, 6.45) is 51.9. The van der Waals surface area contributed by atoms with Crippen molar-refractivity contribution >= 4 is 17.9 Å². The number of carboxylic acids is 1. The Balaban J connectivity index is 4.39. The maximum atomic E-state index is 12.8. The van der Waals surface area contributed by atoms with Gasteiger partial charge >= 0.3 is 11.9 Å². The SMILES string of the molecule is CC/C=C\C/C=C\C/C=C\C/C=C\C/C=C\C/C=C\CCCCCCCCC(=O)OC(COC(=O)CCCCCCC/C=C\CCCC)COC(OCC[N+](C)(C)C)C(=O)[O-]. The summed E-state index contributed by atoms with van der Waals surface area (Å²) in [4.78, 5) is 37.0. The standard InChI is InChI=1S/C52H87NO8/c1-6-8-10-12-14-16-18-19-20-21-22-23-24-25-26-27-28-29-30-31-33-35-37-39-41-43-50(55)61-48(47-60-52(51(56)57)58-45-44-53(3,4)5)46-59-49(54)42-40-38-36-34-32-17-15-13-11-9-7-2/h8,10,13-16,19-20,22-23,25-26,28-29,48,52H,6-7,9,11-12,17-18,21,24,27,30-47H2,1-5H3/b10-8-,15-13-,16-14-,20-19-,23-22-,26-25-,29-28-. The second-order valence-corrected chi connectivity index (χ2v) is 16.7. The highest BCUT2D eigenvalue weighted by Crippen LogP contribution is 2.13. The quantitative estimate of drug-likeness (QED) is 0.0196. The maximum absolute atomic E-state index is 12.8. The van der Waals surface area contributed by atoms with E-state index in [1.165, 1.54) is 12.8 Å². The molecule has 9 heteroatoms. The molecule has 9 nitrogen and oxygen atoms in total. The molecule has 0 saturated heterocycles. The fourth-order valence-corrected chi connectivity index (χ4v) is 5.93. The van der Waals surface area contributed by atoms with Crippen LogP contribution >= 0.6 is 0 Å². The number of carboxylic acid groups (broad SMARTS) is 1. The lowest BCUT2D eigenvalue weighted by Crippen LogP contribution is -2.44. The molecule has 61 heavy (non-hydrogen) atoms. The molecule has 0 saturated carbocycles. The number of allylic oxidation sites excluding steroid dienone is 14. The Kier molecular flexibility index (Phi) is 40.6. The number of likely N-dealkylation sites (N-methyl/N-ethyl adjacent to an activating group) is 1. The molecule has 0 spiro atoms. The molecule has 0 aliphatic carbocycles. The summed E-state index contributed by atoms with van der Waals surface area (Å²) >= 11 is 0. The van der Waals surface area contributed by atoms with Gasteiger partial charge in [0, 0.05) is 12.8 Å². The number of carbonyl (C=O) groups is 3. The molecular formula is C52H87NO8. The van der Waals surface area contributed by atoms with Gasteiger partial charge in [0.1, 0.15) is 13.2 Å². The predicted molar refractivity (Wildman–Crippen MR) is 251 cm³/mol. The number of unbranched alkanes of at least 4 members (excludes halogenated alkanes) is 13. The first-order valence-electron chi connectivity index (χ1n) is 23.7. The summed E-state index contributed by atoms with van der Waals surface area (Å²) in [7, 11) is 5.89. The van der Waals surface area contributed by atoms with Crippen molar-refractivity contribution in [2.75, 3.05) is 47.5 Å². The molecule has 0 aliphatic heterocycles. The van der Waals surface area contributed by atoms with Crippen molar-refractivity contribution < 1.29 is 42.9 Å². The fourth-order valence-electron chi connectivity index (χ4n) is 5.93. The summed E-state index contributed by atoms with van der Waals surface area (Å²) in [5.74, 6) is -2.33. The lowest BCUT2D eigenvalue weighted by molar-refractivity contribution is -0.870. The van der Waals surface area contributed by atoms with Gasteiger partial charge in [0.05, 0.1) is 40.3 Å². The van der Waals surface area contributed by atoms with E-state index >= 15 is 0 Å². The smallest absolute Gasteiger partial charge is 0.306 e. The summed E-state index contributed by atoms with van der Waals surface area (Å²) in [5.41, 5.74) is 0. The third-order valence-electron chi connectivity index (χ3n) is 9.63. The van der Waals surface area contributed by atoms with Crippen LogP contribution in [-0.4, -0.2) is 82.3 Å². The fraction of sp³-hybridized carbons (Fsp3) is 0.673. The number of ether oxygens (including phenoxy) is 4. The molecule has 0 aliphatic rings. The van der Waals surface area contributed by atoms with Gasteiger partial charge in [-0.25, -0.2) is 0 Å². The minimum atomic E-state index is -1.63. The first-order chi connectivity index (χ1) is 29.6. The zero-order chi connectivity index (χ0) is 44.9. The van der Waals surface area contributed by atoms with Crippen molar-refractivity contribution in [1.29, 1.82) is 0 Å². The normalized spacial score (nSPS) is 13.7. The van der Waals surface area contributed by atoms with Gasteiger partial charge in [-0.15, -0.1) is 0 Å². The van der Waals surface area contributed by atoms with E-state index < -0.39 is 24.3 Å². The second-order valence-electron chi connectivity index (χ2n) is 16.7. The van der Waals surface area contributed by atoms with Crippen LogP contribution in [0.5, 0.6) is 0 Å². The van der Waals surface area contributed by atoms with Gasteiger partial charge in [0.2, 0.25) is 0 Å². The van der Waals surface area contributed by atoms with Gasteiger partial charge in [0.25, 0.3) is 0 Å². The minimum Gasteiger partial charge on any atom is -0.545 e. The molecule has 0 aromatic rings. The van der Waals surface area contributed by atoms with Crippen LogP contribution in [0.4, 0.5) is 0 Å². The number of esters is 2. The molecule has 2 unspecified atom stereocenters. The van der Waals surface area contributed by atoms with E-state index in [2.05, 4.69) is 98.9 Å². The number of aliphatic carboxylic acids is 1. The van der Waals surface area contributed by atoms with E-state index in [9.17, 15) is 19.5 Å². The monoisotopic (exact) mass is 854 g/mol. The number of carbonyl (C=O) groups excluding carboxylic acids is 3. The Morgan fingerprint density at radius 2 is 0.934 bits per heavy atom. The Morgan fingerprint density at radius 3 is 1.41 bits per heavy atom. The largest absolute Gasteiger partial charge is 0.545 e. The van der Waals surface area contributed by atoms with Crippen molar-refractivity contribution in [3.8, 4) is 0 Å². The Labute approximate surface area is 372 Å². The Morgan fingerprint density at radius 1 is 0.508 bits per heavy atom. The third-order valence-corrected chi connectivity index (χ3v) is 9.63. The summed E-state index contributed by atoms with van der Waals surface area (Å²) in [6, 6.07) is 0. The molecule has 0 fully saturated rings. The van der Waals surface area contributed by atoms with Crippen molar-refractivity contribution in [2.45, 2.75) is 180 Å². The third kappa shape index (κ3) is 44.3. The van der Waals surface area contributed by atoms with E-state index in [-0.39, 0.29) is 38.6 Å². The van der Waals surface area contributed by atoms with Crippen LogP contribution in [0.25, 0.3) is 0 Å². The molecule has 0 rings (SSSR count). The van der Waals surface area contributed by atoms with Crippen molar-refractivity contribution in [2.24, 2.45) is 0 Å². The molecule has 0 bridgehead atoms. The van der Waals surface area contributed by atoms with Crippen LogP contribution < -0.4 is 5.11 Å². The first-order valence-corrected chi connectivity index (χ1v) is 23.7. The molecular weight excluding hydrogens is 767 g/mol. The zero-order valence-corrected chi connectivity index (χ0v) is 39.2. The van der Waals surface area contributed by atoms with Gasteiger partial charge < -0.3 is 33.3 Å². The second kappa shape index (κ2) is 43.1. The molecule has 348 valence electrons. The van der Waals surface area contributed by atoms with Crippen LogP contribution in [0.1, 0.15) is 168 Å². The lowest BCUT2D eigenvalue weighted by Gasteiger charge is -2.26. The van der Waals surface area contributed by atoms with E-state index in [4.69, 9.17) is 18.9 Å². The van der Waals surface area contributed by atoms with Gasteiger partial charge in [-0.1, -0.05) is 157 Å². The molecule has 0 aromatic heterocycles. The number of hydrogen-bond donors (Lipinski definition) is 0. The average Bonchev–Trinajstić information content (AvgIpc) is 3.22. The molecule has 0 heterocycles. The highest BCUT2D eigenvalue weighted by Gasteiger charge is 2.21. The molecule has 0 aromatic carbocycles. The number of rotatable bonds is 42. The van der Waals surface area contributed by atoms with Crippen LogP contribution in [0.15, 0.2) is 85.1 Å². The molecule has 0 amide bonds. The Bertz CT molecular complexity index is 1270. The van der Waals surface area contributed by atoms with E-state index in [0.29, 0.717) is 17.4 Å². The van der Waals surface area contributed by atoms with Crippen molar-refractivity contribution in [1.82, 2.24) is 0 Å². The van der Waals surface area contributed by atoms with Crippen LogP contribution in [0.2, 0.25) is 0 Å². The highest BCUT2D eigenvalue weighted by atomic mass is 16.7. The molecule has 2 atom stereocenters. The number of nitrogens with zero attached hydrogens (tertiary/aromatic N) is 1. The van der Waals surface area contributed by atoms with Gasteiger partial charge in [-0.05, 0) is 83.5 Å². The summed E-state index contributed by atoms with van der Waals surface area (Å²) < 4.78 is 22.5. The van der Waals surface area contributed by atoms with Gasteiger partial charge in [-0.3, -0.25) is 9.59 Å². The number of hydrogen-bond acceptors (Lipinski definition) is 8. The van der Waals surface area contributed by atoms with Crippen molar-refractivity contribution in [3.63, 3.8) is 0 Å². The molecule has 0 radical (unpaired) electrons. The Hall–Kier alpha value is -3.53. The lowest BCUT2D eigenvalue weighted by atomic mass is 10.1. The van der Waals surface area contributed by atoms with Gasteiger partial charge in [0.15, 0.2) is 12.4 Å². The highest BCUT2D eigenvalue weighted by molar-refractivity contribution is 5.70. The van der Waals surface area contributed by atoms with Crippen LogP contribution in [0.3, 0.4) is 0 Å². The first kappa shape index (κ1) is 57.5. The van der Waals surface area contributed by atoms with Crippen LogP contribution in [0, 0.1) is 0 Å². The summed E-state index contributed by atoms with van der Waals surface area (Å²) in [5, 5.41) is 11.7. The maximum Gasteiger partial charge on any atom is 0.306 e. The minimum absolute atomic E-state index is 0.139. The van der Waals surface area contributed by atoms with Gasteiger partial charge in [-0.2, -0.15) is 0 Å².